The van der Waals surface area contributed by atoms with Crippen LogP contribution < -0.4 is 5.32 Å². The molecule has 4 rings (SSSR count). The van der Waals surface area contributed by atoms with Crippen LogP contribution in [-0.4, -0.2) is 46.6 Å². The monoisotopic (exact) mass is 391 g/mol. The Labute approximate surface area is 169 Å². The minimum absolute atomic E-state index is 0.0819. The molecule has 2 heterocycles. The third kappa shape index (κ3) is 4.88. The number of carbonyl (C=O) groups excluding carboxylic acids is 1. The van der Waals surface area contributed by atoms with Gasteiger partial charge in [0.25, 0.3) is 5.91 Å². The van der Waals surface area contributed by atoms with Crippen LogP contribution in [0.3, 0.4) is 0 Å². The molecule has 0 atom stereocenters. The molecule has 1 aromatic heterocycles. The third-order valence-electron chi connectivity index (χ3n) is 5.30. The molecule has 7 heteroatoms. The molecule has 3 aromatic rings. The predicted octanol–water partition coefficient (Wildman–Crippen LogP) is 3.74. The topological polar surface area (TPSA) is 93.1 Å². The quantitative estimate of drug-likeness (QED) is 0.558. The second-order valence-electron chi connectivity index (χ2n) is 7.38. The van der Waals surface area contributed by atoms with E-state index in [0.29, 0.717) is 11.7 Å². The van der Waals surface area contributed by atoms with E-state index >= 15 is 0 Å². The number of para-hydroxylation sites is 1. The molecular formula is C22H25N5O2. The number of carbonyl (C=O) groups is 1. The van der Waals surface area contributed by atoms with Gasteiger partial charge < -0.3 is 15.4 Å². The van der Waals surface area contributed by atoms with Crippen molar-refractivity contribution in [3.63, 3.8) is 0 Å². The summed E-state index contributed by atoms with van der Waals surface area (Å²) in [6.45, 7) is 3.13. The fourth-order valence-electron chi connectivity index (χ4n) is 3.72. The van der Waals surface area contributed by atoms with Crippen molar-refractivity contribution in [2.45, 2.75) is 25.4 Å². The molecule has 1 aliphatic rings. The van der Waals surface area contributed by atoms with E-state index in [4.69, 9.17) is 0 Å². The van der Waals surface area contributed by atoms with Crippen molar-refractivity contribution in [1.29, 1.82) is 0 Å². The summed E-state index contributed by atoms with van der Waals surface area (Å²) in [5.74, 6) is -0.428. The lowest BCUT2D eigenvalue weighted by atomic mass is 10.0. The average molecular weight is 391 g/mol. The number of hydrogen-bond donors (Lipinski definition) is 3. The number of piperidine rings is 1. The van der Waals surface area contributed by atoms with E-state index in [1.54, 1.807) is 0 Å². The first-order valence-corrected chi connectivity index (χ1v) is 9.93. The second-order valence-corrected chi connectivity index (χ2v) is 7.38. The van der Waals surface area contributed by atoms with Gasteiger partial charge in [-0.1, -0.05) is 48.5 Å². The van der Waals surface area contributed by atoms with Gasteiger partial charge in [-0.15, -0.1) is 10.2 Å². The van der Waals surface area contributed by atoms with Gasteiger partial charge in [0.05, 0.1) is 12.1 Å². The molecule has 0 aliphatic carbocycles. The molecule has 0 bridgehead atoms. The first-order valence-electron chi connectivity index (χ1n) is 9.93. The summed E-state index contributed by atoms with van der Waals surface area (Å²) in [4.78, 5) is 17.4. The van der Waals surface area contributed by atoms with E-state index in [0.717, 1.165) is 43.4 Å². The van der Waals surface area contributed by atoms with Crippen LogP contribution in [0.2, 0.25) is 0 Å². The van der Waals surface area contributed by atoms with Crippen molar-refractivity contribution in [1.82, 2.24) is 15.2 Å². The number of aromatic amines is 1. The highest BCUT2D eigenvalue weighted by molar-refractivity contribution is 5.94. The summed E-state index contributed by atoms with van der Waals surface area (Å²) in [6.07, 6.45) is 2.00. The molecule has 0 unspecified atom stereocenters. The Morgan fingerprint density at radius 3 is 2.62 bits per heavy atom. The Kier molecular flexibility index (Phi) is 5.97. The molecule has 7 nitrogen and oxygen atoms in total. The second kappa shape index (κ2) is 8.98. The van der Waals surface area contributed by atoms with Gasteiger partial charge in [0.2, 0.25) is 5.88 Å². The zero-order valence-corrected chi connectivity index (χ0v) is 16.2. The van der Waals surface area contributed by atoms with Crippen LogP contribution >= 0.6 is 0 Å². The zero-order valence-electron chi connectivity index (χ0n) is 16.2. The molecule has 1 aliphatic heterocycles. The molecule has 0 saturated carbocycles. The number of fused-ring (bicyclic) bond motifs is 1. The smallest absolute Gasteiger partial charge is 0.278 e. The van der Waals surface area contributed by atoms with Gasteiger partial charge in [0, 0.05) is 18.0 Å². The number of aromatic nitrogens is 1. The van der Waals surface area contributed by atoms with Crippen LogP contribution in [0.5, 0.6) is 5.88 Å². The molecule has 2 aromatic carbocycles. The fourth-order valence-corrected chi connectivity index (χ4v) is 3.72. The van der Waals surface area contributed by atoms with Crippen LogP contribution in [0.15, 0.2) is 64.8 Å². The Bertz CT molecular complexity index is 991. The van der Waals surface area contributed by atoms with E-state index in [1.165, 1.54) is 5.56 Å². The maximum atomic E-state index is 12.1. The van der Waals surface area contributed by atoms with E-state index in [1.807, 2.05) is 30.3 Å². The fraction of sp³-hybridized carbons (Fsp3) is 0.318. The van der Waals surface area contributed by atoms with Gasteiger partial charge >= 0.3 is 0 Å². The average Bonchev–Trinajstić information content (AvgIpc) is 3.07. The van der Waals surface area contributed by atoms with Crippen molar-refractivity contribution in [2.75, 3.05) is 19.6 Å². The number of H-pyrrole nitrogens is 1. The minimum atomic E-state index is -0.346. The zero-order chi connectivity index (χ0) is 20.1. The van der Waals surface area contributed by atoms with Crippen LogP contribution in [-0.2, 0) is 11.3 Å². The van der Waals surface area contributed by atoms with Crippen molar-refractivity contribution < 1.29 is 9.90 Å². The molecular weight excluding hydrogens is 366 g/mol. The lowest BCUT2D eigenvalue weighted by Gasteiger charge is -2.32. The summed E-state index contributed by atoms with van der Waals surface area (Å²) in [5, 5.41) is 21.7. The van der Waals surface area contributed by atoms with Gasteiger partial charge in [0.1, 0.15) is 0 Å². The van der Waals surface area contributed by atoms with Gasteiger partial charge in [-0.05, 0) is 37.6 Å². The number of benzene rings is 2. The standard InChI is InChI=1S/C22H25N5O2/c28-20(25-26-21-18-8-4-5-9-19(18)24-22(21)29)14-23-17-10-12-27(13-11-17)15-16-6-2-1-3-7-16/h1-9,17,23-24,29H,10-15H2. The van der Waals surface area contributed by atoms with Gasteiger partial charge in [-0.2, -0.15) is 0 Å². The predicted molar refractivity (Wildman–Crippen MR) is 112 cm³/mol. The van der Waals surface area contributed by atoms with Gasteiger partial charge in [-0.3, -0.25) is 9.69 Å². The lowest BCUT2D eigenvalue weighted by Crippen LogP contribution is -2.43. The van der Waals surface area contributed by atoms with E-state index < -0.39 is 0 Å². The molecule has 1 saturated heterocycles. The lowest BCUT2D eigenvalue weighted by molar-refractivity contribution is -0.117. The van der Waals surface area contributed by atoms with Crippen LogP contribution in [0, 0.1) is 0 Å². The summed E-state index contributed by atoms with van der Waals surface area (Å²) in [6, 6.07) is 18.2. The molecule has 150 valence electrons. The van der Waals surface area contributed by atoms with Crippen molar-refractivity contribution in [3.8, 4) is 5.88 Å². The Morgan fingerprint density at radius 1 is 1.10 bits per heavy atom. The first kappa shape index (κ1) is 19.3. The summed E-state index contributed by atoms with van der Waals surface area (Å²) >= 11 is 0. The molecule has 3 N–H and O–H groups in total. The highest BCUT2D eigenvalue weighted by Gasteiger charge is 2.19. The maximum absolute atomic E-state index is 12.1. The Hall–Kier alpha value is -3.03. The van der Waals surface area contributed by atoms with Crippen LogP contribution in [0.4, 0.5) is 5.69 Å². The summed E-state index contributed by atoms with van der Waals surface area (Å²) in [7, 11) is 0. The minimum Gasteiger partial charge on any atom is -0.493 e. The SMILES string of the molecule is O=C(CNC1CCN(Cc2ccccc2)CC1)N=Nc1c(O)[nH]c2ccccc12. The number of hydrogen-bond acceptors (Lipinski definition) is 5. The normalized spacial score (nSPS) is 16.0. The maximum Gasteiger partial charge on any atom is 0.278 e. The van der Waals surface area contributed by atoms with Crippen LogP contribution in [0.25, 0.3) is 10.9 Å². The van der Waals surface area contributed by atoms with Crippen molar-refractivity contribution >= 4 is 22.5 Å². The van der Waals surface area contributed by atoms with Gasteiger partial charge in [-0.25, -0.2) is 0 Å². The largest absolute Gasteiger partial charge is 0.493 e. The third-order valence-corrected chi connectivity index (χ3v) is 5.30. The number of nitrogens with one attached hydrogen (secondary N) is 2. The number of rotatable bonds is 6. The number of amides is 1. The summed E-state index contributed by atoms with van der Waals surface area (Å²) in [5.41, 5.74) is 2.38. The van der Waals surface area contributed by atoms with Gasteiger partial charge in [0.15, 0.2) is 5.69 Å². The Balaban J connectivity index is 1.24. The first-order chi connectivity index (χ1) is 14.2. The Morgan fingerprint density at radius 2 is 1.83 bits per heavy atom. The number of nitrogens with zero attached hydrogens (tertiary/aromatic N) is 3. The summed E-state index contributed by atoms with van der Waals surface area (Å²) < 4.78 is 0. The number of likely N-dealkylation sites (tertiary alicyclic amines) is 1. The molecule has 0 spiro atoms. The number of aromatic hydroxyl groups is 1. The highest BCUT2D eigenvalue weighted by Crippen LogP contribution is 2.35. The molecule has 0 radical (unpaired) electrons. The van der Waals surface area contributed by atoms with E-state index in [9.17, 15) is 9.90 Å². The highest BCUT2D eigenvalue weighted by atomic mass is 16.3. The number of azo groups is 1. The van der Waals surface area contributed by atoms with Crippen molar-refractivity contribution in [2.24, 2.45) is 10.2 Å². The molecule has 1 amide bonds. The van der Waals surface area contributed by atoms with Crippen LogP contribution in [0.1, 0.15) is 18.4 Å². The van der Waals surface area contributed by atoms with Crippen molar-refractivity contribution in [3.05, 3.63) is 60.2 Å². The molecule has 1 fully saturated rings. The van der Waals surface area contributed by atoms with E-state index in [2.05, 4.69) is 49.7 Å². The van der Waals surface area contributed by atoms with E-state index in [-0.39, 0.29) is 18.3 Å². The molecule has 29 heavy (non-hydrogen) atoms.